The standard InChI is InChI=1S/C20H23NO3/c1-14(2)12-23-18-11-6-5-10-17(18)21-19(22)13-24-20-15(3)8-7-9-16(20)4/h5-11H,1,12-13H2,2-4H3,(H,21,22). The van der Waals surface area contributed by atoms with Crippen molar-refractivity contribution in [3.05, 3.63) is 65.7 Å². The molecule has 4 heteroatoms. The van der Waals surface area contributed by atoms with E-state index in [1.54, 1.807) is 6.07 Å². The summed E-state index contributed by atoms with van der Waals surface area (Å²) in [6.07, 6.45) is 0. The number of hydrogen-bond donors (Lipinski definition) is 1. The van der Waals surface area contributed by atoms with E-state index in [4.69, 9.17) is 9.47 Å². The van der Waals surface area contributed by atoms with Crippen LogP contribution in [0.5, 0.6) is 11.5 Å². The second-order valence-corrected chi connectivity index (χ2v) is 5.80. The topological polar surface area (TPSA) is 47.6 Å². The predicted molar refractivity (Wildman–Crippen MR) is 96.8 cm³/mol. The van der Waals surface area contributed by atoms with E-state index in [9.17, 15) is 4.79 Å². The molecule has 1 amide bonds. The molecule has 0 aliphatic heterocycles. The fourth-order valence-electron chi connectivity index (χ4n) is 2.25. The van der Waals surface area contributed by atoms with E-state index >= 15 is 0 Å². The maximum Gasteiger partial charge on any atom is 0.262 e. The fraction of sp³-hybridized carbons (Fsp3) is 0.250. The number of amides is 1. The number of carbonyl (C=O) groups excluding carboxylic acids is 1. The van der Waals surface area contributed by atoms with E-state index in [1.807, 2.05) is 57.2 Å². The highest BCUT2D eigenvalue weighted by Crippen LogP contribution is 2.25. The second kappa shape index (κ2) is 8.20. The van der Waals surface area contributed by atoms with Crippen LogP contribution in [0, 0.1) is 13.8 Å². The summed E-state index contributed by atoms with van der Waals surface area (Å²) in [5.74, 6) is 1.13. The lowest BCUT2D eigenvalue weighted by Gasteiger charge is -2.14. The molecule has 0 unspecified atom stereocenters. The van der Waals surface area contributed by atoms with Crippen molar-refractivity contribution < 1.29 is 14.3 Å². The number of hydrogen-bond acceptors (Lipinski definition) is 3. The maximum atomic E-state index is 12.2. The summed E-state index contributed by atoms with van der Waals surface area (Å²) < 4.78 is 11.3. The lowest BCUT2D eigenvalue weighted by molar-refractivity contribution is -0.118. The van der Waals surface area contributed by atoms with Gasteiger partial charge in [-0.15, -0.1) is 0 Å². The van der Waals surface area contributed by atoms with Crippen LogP contribution in [0.3, 0.4) is 0 Å². The van der Waals surface area contributed by atoms with Gasteiger partial charge in [-0.1, -0.05) is 36.9 Å². The van der Waals surface area contributed by atoms with Crippen LogP contribution < -0.4 is 14.8 Å². The molecule has 126 valence electrons. The lowest BCUT2D eigenvalue weighted by Crippen LogP contribution is -2.21. The van der Waals surface area contributed by atoms with E-state index in [0.29, 0.717) is 18.0 Å². The molecule has 0 spiro atoms. The molecule has 0 fully saturated rings. The van der Waals surface area contributed by atoms with Gasteiger partial charge in [0.15, 0.2) is 6.61 Å². The molecule has 0 bridgehead atoms. The number of para-hydroxylation sites is 3. The first-order chi connectivity index (χ1) is 11.5. The first-order valence-corrected chi connectivity index (χ1v) is 7.82. The van der Waals surface area contributed by atoms with Crippen molar-refractivity contribution in [1.29, 1.82) is 0 Å². The molecule has 4 nitrogen and oxygen atoms in total. The molecular weight excluding hydrogens is 302 g/mol. The molecule has 0 heterocycles. The Morgan fingerprint density at radius 2 is 1.67 bits per heavy atom. The molecule has 0 atom stereocenters. The zero-order valence-corrected chi connectivity index (χ0v) is 14.4. The number of ether oxygens (including phenoxy) is 2. The number of nitrogens with one attached hydrogen (secondary N) is 1. The van der Waals surface area contributed by atoms with Gasteiger partial charge >= 0.3 is 0 Å². The molecule has 0 aliphatic rings. The Morgan fingerprint density at radius 1 is 1.00 bits per heavy atom. The van der Waals surface area contributed by atoms with Crippen molar-refractivity contribution in [2.45, 2.75) is 20.8 Å². The summed E-state index contributed by atoms with van der Waals surface area (Å²) in [5, 5.41) is 2.82. The zero-order chi connectivity index (χ0) is 17.5. The van der Waals surface area contributed by atoms with Gasteiger partial charge in [0.25, 0.3) is 5.91 Å². The molecule has 2 aromatic carbocycles. The quantitative estimate of drug-likeness (QED) is 0.773. The predicted octanol–water partition coefficient (Wildman–Crippen LogP) is 4.28. The Bertz CT molecular complexity index is 717. The third-order valence-electron chi connectivity index (χ3n) is 3.39. The third kappa shape index (κ3) is 4.88. The Hall–Kier alpha value is -2.75. The molecule has 0 saturated carbocycles. The third-order valence-corrected chi connectivity index (χ3v) is 3.39. The van der Waals surface area contributed by atoms with Crippen LogP contribution in [0.1, 0.15) is 18.1 Å². The second-order valence-electron chi connectivity index (χ2n) is 5.80. The van der Waals surface area contributed by atoms with Crippen LogP contribution in [0.15, 0.2) is 54.6 Å². The minimum Gasteiger partial charge on any atom is -0.487 e. The van der Waals surface area contributed by atoms with Crippen LogP contribution in [-0.4, -0.2) is 19.1 Å². The van der Waals surface area contributed by atoms with Crippen molar-refractivity contribution in [2.75, 3.05) is 18.5 Å². The fourth-order valence-corrected chi connectivity index (χ4v) is 2.25. The Kier molecular flexibility index (Phi) is 6.01. The highest BCUT2D eigenvalue weighted by Gasteiger charge is 2.10. The van der Waals surface area contributed by atoms with Gasteiger partial charge in [-0.2, -0.15) is 0 Å². The summed E-state index contributed by atoms with van der Waals surface area (Å²) >= 11 is 0. The van der Waals surface area contributed by atoms with Gasteiger partial charge in [-0.05, 0) is 49.6 Å². The molecule has 0 saturated heterocycles. The van der Waals surface area contributed by atoms with E-state index in [0.717, 1.165) is 22.4 Å². The van der Waals surface area contributed by atoms with Gasteiger partial charge in [-0.25, -0.2) is 0 Å². The van der Waals surface area contributed by atoms with Crippen LogP contribution >= 0.6 is 0 Å². The van der Waals surface area contributed by atoms with Crippen LogP contribution in [0.2, 0.25) is 0 Å². The number of carbonyl (C=O) groups is 1. The smallest absolute Gasteiger partial charge is 0.262 e. The summed E-state index contributed by atoms with van der Waals surface area (Å²) in [7, 11) is 0. The van der Waals surface area contributed by atoms with Crippen LogP contribution in [0.25, 0.3) is 0 Å². The van der Waals surface area contributed by atoms with Crippen LogP contribution in [0.4, 0.5) is 5.69 Å². The maximum absolute atomic E-state index is 12.2. The molecule has 0 aliphatic carbocycles. The molecular formula is C20H23NO3. The van der Waals surface area contributed by atoms with E-state index in [1.165, 1.54) is 0 Å². The van der Waals surface area contributed by atoms with E-state index < -0.39 is 0 Å². The minimum atomic E-state index is -0.232. The van der Waals surface area contributed by atoms with Gasteiger partial charge in [0.1, 0.15) is 18.1 Å². The minimum absolute atomic E-state index is 0.0550. The highest BCUT2D eigenvalue weighted by atomic mass is 16.5. The summed E-state index contributed by atoms with van der Waals surface area (Å²) in [5.41, 5.74) is 3.55. The van der Waals surface area contributed by atoms with Crippen molar-refractivity contribution in [3.8, 4) is 11.5 Å². The van der Waals surface area contributed by atoms with Crippen molar-refractivity contribution in [3.63, 3.8) is 0 Å². The van der Waals surface area contributed by atoms with Gasteiger partial charge in [0.2, 0.25) is 0 Å². The van der Waals surface area contributed by atoms with Gasteiger partial charge in [-0.3, -0.25) is 4.79 Å². The van der Waals surface area contributed by atoms with E-state index in [-0.39, 0.29) is 12.5 Å². The van der Waals surface area contributed by atoms with Gasteiger partial charge in [0, 0.05) is 0 Å². The number of benzene rings is 2. The van der Waals surface area contributed by atoms with Crippen molar-refractivity contribution in [1.82, 2.24) is 0 Å². The number of aryl methyl sites for hydroxylation is 2. The molecule has 0 aromatic heterocycles. The Labute approximate surface area is 143 Å². The molecule has 0 radical (unpaired) electrons. The summed E-state index contributed by atoms with van der Waals surface area (Å²) in [6, 6.07) is 13.2. The van der Waals surface area contributed by atoms with Crippen molar-refractivity contribution >= 4 is 11.6 Å². The SMILES string of the molecule is C=C(C)COc1ccccc1NC(=O)COc1c(C)cccc1C. The normalized spacial score (nSPS) is 10.1. The molecule has 2 aromatic rings. The number of rotatable bonds is 7. The first-order valence-electron chi connectivity index (χ1n) is 7.82. The van der Waals surface area contributed by atoms with Gasteiger partial charge in [0.05, 0.1) is 5.69 Å². The molecule has 2 rings (SSSR count). The zero-order valence-electron chi connectivity index (χ0n) is 14.4. The first kappa shape index (κ1) is 17.6. The lowest BCUT2D eigenvalue weighted by atomic mass is 10.1. The summed E-state index contributed by atoms with van der Waals surface area (Å²) in [4.78, 5) is 12.2. The Morgan fingerprint density at radius 3 is 2.33 bits per heavy atom. The van der Waals surface area contributed by atoms with Crippen molar-refractivity contribution in [2.24, 2.45) is 0 Å². The number of anilines is 1. The summed E-state index contributed by atoms with van der Waals surface area (Å²) in [6.45, 7) is 9.97. The highest BCUT2D eigenvalue weighted by molar-refractivity contribution is 5.93. The average Bonchev–Trinajstić information content (AvgIpc) is 2.53. The van der Waals surface area contributed by atoms with Gasteiger partial charge < -0.3 is 14.8 Å². The molecule has 24 heavy (non-hydrogen) atoms. The molecule has 1 N–H and O–H groups in total. The largest absolute Gasteiger partial charge is 0.487 e. The van der Waals surface area contributed by atoms with E-state index in [2.05, 4.69) is 11.9 Å². The average molecular weight is 325 g/mol. The Balaban J connectivity index is 1.99. The monoisotopic (exact) mass is 325 g/mol. The van der Waals surface area contributed by atoms with Crippen LogP contribution in [-0.2, 0) is 4.79 Å².